The number of rotatable bonds is 12. The van der Waals surface area contributed by atoms with E-state index in [0.717, 1.165) is 44.3 Å². The minimum atomic E-state index is -1.01. The highest BCUT2D eigenvalue weighted by Crippen LogP contribution is 2.28. The second-order valence-electron chi connectivity index (χ2n) is 15.1. The molecule has 0 saturated heterocycles. The lowest BCUT2D eigenvalue weighted by Crippen LogP contribution is -2.46. The van der Waals surface area contributed by atoms with E-state index >= 15 is 0 Å². The Bertz CT molecular complexity index is 2190. The molecule has 0 fully saturated rings. The van der Waals surface area contributed by atoms with Gasteiger partial charge in [-0.3, -0.25) is 19.2 Å². The minimum Gasteiger partial charge on any atom is -0.496 e. The van der Waals surface area contributed by atoms with E-state index in [1.807, 2.05) is 126 Å². The van der Waals surface area contributed by atoms with Crippen LogP contribution in [-0.4, -0.2) is 41.1 Å². The molecule has 0 saturated carbocycles. The zero-order chi connectivity index (χ0) is 38.5. The molecule has 276 valence electrons. The van der Waals surface area contributed by atoms with Gasteiger partial charge < -0.3 is 24.7 Å². The monoisotopic (exact) mass is 715 g/mol. The van der Waals surface area contributed by atoms with Gasteiger partial charge in [0.05, 0.1) is 25.5 Å². The molecule has 1 aromatic heterocycles. The first kappa shape index (κ1) is 38.5. The first-order chi connectivity index (χ1) is 25.0. The number of anilines is 1. The van der Waals surface area contributed by atoms with Crippen LogP contribution >= 0.6 is 0 Å². The summed E-state index contributed by atoms with van der Waals surface area (Å²) in [5.74, 6) is -0.441. The van der Waals surface area contributed by atoms with Gasteiger partial charge in [0.2, 0.25) is 11.8 Å². The first-order valence-electron chi connectivity index (χ1n) is 17.8. The number of aryl methyl sites for hydroxylation is 2. The molecule has 0 spiro atoms. The zero-order valence-electron chi connectivity index (χ0n) is 31.8. The molecule has 2 amide bonds. The summed E-state index contributed by atoms with van der Waals surface area (Å²) in [6.45, 7) is 13.1. The summed E-state index contributed by atoms with van der Waals surface area (Å²) in [7, 11) is 1.61. The number of esters is 1. The third-order valence-electron chi connectivity index (χ3n) is 9.29. The van der Waals surface area contributed by atoms with E-state index in [4.69, 9.17) is 9.47 Å². The van der Waals surface area contributed by atoms with E-state index in [2.05, 4.69) is 10.6 Å². The van der Waals surface area contributed by atoms with E-state index in [-0.39, 0.29) is 36.0 Å². The van der Waals surface area contributed by atoms with Crippen LogP contribution in [-0.2, 0) is 43.9 Å². The number of amides is 2. The Labute approximate surface area is 311 Å². The van der Waals surface area contributed by atoms with Gasteiger partial charge in [-0.15, -0.1) is 0 Å². The van der Waals surface area contributed by atoms with E-state index in [0.29, 0.717) is 12.1 Å². The Kier molecular flexibility index (Phi) is 11.6. The van der Waals surface area contributed by atoms with Crippen LogP contribution in [0.2, 0.25) is 0 Å². The zero-order valence-corrected chi connectivity index (χ0v) is 31.8. The van der Waals surface area contributed by atoms with Crippen molar-refractivity contribution in [3.8, 4) is 5.75 Å². The van der Waals surface area contributed by atoms with Crippen LogP contribution in [0.3, 0.4) is 0 Å². The molecule has 5 aromatic rings. The van der Waals surface area contributed by atoms with E-state index in [9.17, 15) is 19.2 Å². The average Bonchev–Trinajstić information content (AvgIpc) is 3.10. The van der Waals surface area contributed by atoms with Crippen molar-refractivity contribution in [1.29, 1.82) is 0 Å². The number of carbonyl (C=O) groups excluding carboxylic acids is 3. The number of aromatic nitrogens is 1. The van der Waals surface area contributed by atoms with Crippen LogP contribution in [0.4, 0.5) is 5.69 Å². The lowest BCUT2D eigenvalue weighted by Gasteiger charge is -2.29. The Morgan fingerprint density at radius 1 is 0.774 bits per heavy atom. The molecular formula is C44H49N3O6. The Morgan fingerprint density at radius 3 is 2.09 bits per heavy atom. The number of fused-ring (bicyclic) bond motifs is 1. The molecule has 9 nitrogen and oxygen atoms in total. The summed E-state index contributed by atoms with van der Waals surface area (Å²) >= 11 is 0. The number of methoxy groups -OCH3 is 1. The van der Waals surface area contributed by atoms with Gasteiger partial charge in [0.15, 0.2) is 0 Å². The number of carbonyl (C=O) groups is 3. The third-order valence-corrected chi connectivity index (χ3v) is 9.29. The van der Waals surface area contributed by atoms with Crippen molar-refractivity contribution in [1.82, 2.24) is 9.88 Å². The van der Waals surface area contributed by atoms with Crippen molar-refractivity contribution >= 4 is 34.2 Å². The minimum absolute atomic E-state index is 0.0656. The largest absolute Gasteiger partial charge is 0.496 e. The highest BCUT2D eigenvalue weighted by molar-refractivity contribution is 5.98. The molecule has 1 atom stereocenters. The van der Waals surface area contributed by atoms with Crippen LogP contribution in [0.15, 0.2) is 102 Å². The first-order valence-corrected chi connectivity index (χ1v) is 17.8. The van der Waals surface area contributed by atoms with Crippen LogP contribution in [0.5, 0.6) is 5.75 Å². The number of nitrogens with one attached hydrogen (secondary N) is 2. The Hall–Kier alpha value is -5.70. The number of nitrogens with zero attached hydrogens (tertiary/aromatic N) is 1. The standard InChI is InChI=1S/C44H49N3O6/c1-28-21-22-47(27-32-16-20-37(52-8)29(2)23-32)41(50)39(28)46-40(49)36(45-38(48)26-31-13-17-33-11-9-10-12-34(33)24-31)25-30-14-18-35(19-15-30)44(6,7)42(51)53-43(3,4)5/h9-24,36H,25-27H2,1-8H3,(H,45,48)(H,46,49). The SMILES string of the molecule is COc1ccc(Cn2ccc(C)c(NC(=O)C(Cc3ccc(C(C)(C)C(=O)OC(C)(C)C)cc3)NC(=O)Cc3ccc4ccccc4c3)c2=O)cc1C. The van der Waals surface area contributed by atoms with Gasteiger partial charge in [-0.05, 0) is 105 Å². The molecule has 1 heterocycles. The summed E-state index contributed by atoms with van der Waals surface area (Å²) < 4.78 is 12.6. The summed E-state index contributed by atoms with van der Waals surface area (Å²) in [5, 5.41) is 7.87. The summed E-state index contributed by atoms with van der Waals surface area (Å²) in [5.41, 5.74) is 3.02. The smallest absolute Gasteiger partial charge is 0.316 e. The van der Waals surface area contributed by atoms with Crippen LogP contribution < -0.4 is 20.9 Å². The highest BCUT2D eigenvalue weighted by Gasteiger charge is 2.34. The molecule has 0 aliphatic heterocycles. The van der Waals surface area contributed by atoms with Crippen LogP contribution in [0, 0.1) is 13.8 Å². The fourth-order valence-corrected chi connectivity index (χ4v) is 6.19. The van der Waals surface area contributed by atoms with Crippen LogP contribution in [0.25, 0.3) is 10.8 Å². The highest BCUT2D eigenvalue weighted by atomic mass is 16.6. The normalized spacial score (nSPS) is 12.2. The van der Waals surface area contributed by atoms with Gasteiger partial charge in [0.25, 0.3) is 5.56 Å². The van der Waals surface area contributed by atoms with Crippen molar-refractivity contribution in [3.05, 3.63) is 141 Å². The summed E-state index contributed by atoms with van der Waals surface area (Å²) in [6.07, 6.45) is 1.92. The molecule has 53 heavy (non-hydrogen) atoms. The molecule has 0 aliphatic rings. The second-order valence-corrected chi connectivity index (χ2v) is 15.1. The van der Waals surface area contributed by atoms with E-state index < -0.39 is 23.0 Å². The van der Waals surface area contributed by atoms with Crippen molar-refractivity contribution < 1.29 is 23.9 Å². The van der Waals surface area contributed by atoms with Gasteiger partial charge >= 0.3 is 5.97 Å². The van der Waals surface area contributed by atoms with E-state index in [1.54, 1.807) is 30.9 Å². The fourth-order valence-electron chi connectivity index (χ4n) is 6.19. The maximum absolute atomic E-state index is 14.1. The van der Waals surface area contributed by atoms with Gasteiger partial charge in [-0.2, -0.15) is 0 Å². The molecule has 9 heteroatoms. The van der Waals surface area contributed by atoms with Gasteiger partial charge in [0.1, 0.15) is 23.1 Å². The van der Waals surface area contributed by atoms with Gasteiger partial charge in [0, 0.05) is 12.6 Å². The molecule has 0 bridgehead atoms. The molecular weight excluding hydrogens is 666 g/mol. The van der Waals surface area contributed by atoms with Crippen LogP contribution in [0.1, 0.15) is 68.0 Å². The average molecular weight is 716 g/mol. The number of hydrogen-bond acceptors (Lipinski definition) is 6. The number of hydrogen-bond donors (Lipinski definition) is 2. The lowest BCUT2D eigenvalue weighted by molar-refractivity contribution is -0.160. The molecule has 0 radical (unpaired) electrons. The molecule has 5 rings (SSSR count). The van der Waals surface area contributed by atoms with Crippen molar-refractivity contribution in [2.75, 3.05) is 12.4 Å². The Morgan fingerprint density at radius 2 is 1.43 bits per heavy atom. The molecule has 4 aromatic carbocycles. The topological polar surface area (TPSA) is 116 Å². The van der Waals surface area contributed by atoms with Crippen molar-refractivity contribution in [2.24, 2.45) is 0 Å². The predicted molar refractivity (Wildman–Crippen MR) is 210 cm³/mol. The second kappa shape index (κ2) is 15.9. The fraction of sp³-hybridized carbons (Fsp3) is 0.318. The maximum Gasteiger partial charge on any atom is 0.316 e. The van der Waals surface area contributed by atoms with Gasteiger partial charge in [-0.1, -0.05) is 78.9 Å². The third kappa shape index (κ3) is 9.60. The molecule has 0 aliphatic carbocycles. The summed E-state index contributed by atoms with van der Waals surface area (Å²) in [6, 6.07) is 27.6. The lowest BCUT2D eigenvalue weighted by atomic mass is 9.84. The predicted octanol–water partition coefficient (Wildman–Crippen LogP) is 7.20. The number of ether oxygens (including phenoxy) is 2. The maximum atomic E-state index is 14.1. The van der Waals surface area contributed by atoms with E-state index in [1.165, 1.54) is 0 Å². The number of benzene rings is 4. The summed E-state index contributed by atoms with van der Waals surface area (Å²) in [4.78, 5) is 54.4. The quantitative estimate of drug-likeness (QED) is 0.132. The van der Waals surface area contributed by atoms with Crippen molar-refractivity contribution in [2.45, 2.75) is 84.9 Å². The molecule has 1 unspecified atom stereocenters. The van der Waals surface area contributed by atoms with Gasteiger partial charge in [-0.25, -0.2) is 0 Å². The Balaban J connectivity index is 1.40. The van der Waals surface area contributed by atoms with Crippen molar-refractivity contribution in [3.63, 3.8) is 0 Å². The number of pyridine rings is 1. The molecule has 2 N–H and O–H groups in total.